The van der Waals surface area contributed by atoms with Gasteiger partial charge in [-0.2, -0.15) is 5.10 Å². The van der Waals surface area contributed by atoms with E-state index in [0.29, 0.717) is 16.6 Å². The summed E-state index contributed by atoms with van der Waals surface area (Å²) in [5.41, 5.74) is 3.46. The molecule has 0 aliphatic rings. The van der Waals surface area contributed by atoms with Gasteiger partial charge in [0, 0.05) is 15.6 Å². The maximum absolute atomic E-state index is 10.4. The van der Waals surface area contributed by atoms with Crippen molar-refractivity contribution in [1.82, 2.24) is 5.43 Å². The molecule has 0 bridgehead atoms. The van der Waals surface area contributed by atoms with E-state index in [4.69, 9.17) is 27.6 Å². The molecule has 0 unspecified atom stereocenters. The van der Waals surface area contributed by atoms with Gasteiger partial charge < -0.3 is 9.84 Å². The van der Waals surface area contributed by atoms with Crippen LogP contribution in [0.4, 0.5) is 5.88 Å². The molecule has 0 spiro atoms. The largest absolute Gasteiger partial charge is 0.433 e. The van der Waals surface area contributed by atoms with E-state index in [0.717, 1.165) is 5.56 Å². The molecule has 0 fully saturated rings. The van der Waals surface area contributed by atoms with E-state index in [1.807, 2.05) is 0 Å². The predicted octanol–water partition coefficient (Wildman–Crippen LogP) is 3.62. The number of nitrogens with one attached hydrogen (secondary N) is 1. The lowest BCUT2D eigenvalue weighted by molar-refractivity contribution is -0.402. The highest BCUT2D eigenvalue weighted by atomic mass is 35.5. The average Bonchev–Trinajstić information content (AvgIpc) is 2.86. The highest BCUT2D eigenvalue weighted by Crippen LogP contribution is 2.23. The molecule has 104 valence electrons. The van der Waals surface area contributed by atoms with Crippen molar-refractivity contribution in [3.05, 3.63) is 61.8 Å². The standard InChI is InChI=1S/C12H9Cl2N3O3/c13-10-2-1-3-11(14)9(10)7-16-15-6-8-4-5-12(20-8)17(18)19/h1-6,16H,7H2/b15-6+. The first-order valence-electron chi connectivity index (χ1n) is 5.51. The van der Waals surface area contributed by atoms with E-state index in [-0.39, 0.29) is 11.6 Å². The molecule has 0 aliphatic carbocycles. The summed E-state index contributed by atoms with van der Waals surface area (Å²) in [4.78, 5) is 9.81. The van der Waals surface area contributed by atoms with E-state index in [1.165, 1.54) is 18.3 Å². The summed E-state index contributed by atoms with van der Waals surface area (Å²) in [6.45, 7) is 0.331. The minimum Gasteiger partial charge on any atom is -0.400 e. The third-order valence-electron chi connectivity index (χ3n) is 2.39. The molecular weight excluding hydrogens is 305 g/mol. The summed E-state index contributed by atoms with van der Waals surface area (Å²) in [6.07, 6.45) is 1.33. The van der Waals surface area contributed by atoms with Crippen LogP contribution < -0.4 is 5.43 Å². The lowest BCUT2D eigenvalue weighted by atomic mass is 10.2. The van der Waals surface area contributed by atoms with Crippen molar-refractivity contribution in [2.24, 2.45) is 5.10 Å². The van der Waals surface area contributed by atoms with Crippen molar-refractivity contribution in [3.63, 3.8) is 0 Å². The molecule has 0 saturated heterocycles. The van der Waals surface area contributed by atoms with Gasteiger partial charge >= 0.3 is 5.88 Å². The van der Waals surface area contributed by atoms with Crippen molar-refractivity contribution >= 4 is 35.3 Å². The quantitative estimate of drug-likeness (QED) is 0.519. The molecule has 0 saturated carbocycles. The average molecular weight is 314 g/mol. The molecule has 1 aromatic heterocycles. The fourth-order valence-corrected chi connectivity index (χ4v) is 1.98. The highest BCUT2D eigenvalue weighted by molar-refractivity contribution is 6.35. The Labute approximate surface area is 124 Å². The van der Waals surface area contributed by atoms with Crippen LogP contribution in [-0.4, -0.2) is 11.1 Å². The lowest BCUT2D eigenvalue weighted by Crippen LogP contribution is -2.06. The number of hydrazone groups is 1. The Morgan fingerprint density at radius 1 is 1.30 bits per heavy atom. The Balaban J connectivity index is 1.95. The summed E-state index contributed by atoms with van der Waals surface area (Å²) < 4.78 is 4.90. The van der Waals surface area contributed by atoms with Gasteiger partial charge in [0.05, 0.1) is 18.8 Å². The van der Waals surface area contributed by atoms with Crippen LogP contribution in [0.1, 0.15) is 11.3 Å². The second-order valence-corrected chi connectivity index (χ2v) is 4.54. The van der Waals surface area contributed by atoms with Crippen LogP contribution in [-0.2, 0) is 6.54 Å². The Bertz CT molecular complexity index is 635. The van der Waals surface area contributed by atoms with Gasteiger partial charge in [0.25, 0.3) is 0 Å². The Kier molecular flexibility index (Phi) is 4.60. The normalized spacial score (nSPS) is 10.9. The molecule has 20 heavy (non-hydrogen) atoms. The Hall–Kier alpha value is -2.05. The van der Waals surface area contributed by atoms with Crippen molar-refractivity contribution in [3.8, 4) is 0 Å². The van der Waals surface area contributed by atoms with Crippen molar-refractivity contribution in [2.75, 3.05) is 0 Å². The lowest BCUT2D eigenvalue weighted by Gasteiger charge is -2.05. The maximum atomic E-state index is 10.4. The third kappa shape index (κ3) is 3.49. The van der Waals surface area contributed by atoms with Crippen LogP contribution in [0, 0.1) is 10.1 Å². The van der Waals surface area contributed by atoms with E-state index in [1.54, 1.807) is 18.2 Å². The monoisotopic (exact) mass is 313 g/mol. The molecule has 6 nitrogen and oxygen atoms in total. The summed E-state index contributed by atoms with van der Waals surface area (Å²) >= 11 is 12.0. The number of benzene rings is 1. The number of nitrogens with zero attached hydrogens (tertiary/aromatic N) is 2. The number of rotatable bonds is 5. The summed E-state index contributed by atoms with van der Waals surface area (Å²) in [5, 5.41) is 15.4. The smallest absolute Gasteiger partial charge is 0.400 e. The molecule has 1 aromatic carbocycles. The van der Waals surface area contributed by atoms with Crippen LogP contribution in [0.2, 0.25) is 10.0 Å². The maximum Gasteiger partial charge on any atom is 0.433 e. The zero-order valence-electron chi connectivity index (χ0n) is 10.0. The number of hydrogen-bond donors (Lipinski definition) is 1. The van der Waals surface area contributed by atoms with Gasteiger partial charge in [0.1, 0.15) is 4.92 Å². The fourth-order valence-electron chi connectivity index (χ4n) is 1.44. The summed E-state index contributed by atoms with van der Waals surface area (Å²) in [7, 11) is 0. The molecule has 2 rings (SSSR count). The second-order valence-electron chi connectivity index (χ2n) is 3.73. The summed E-state index contributed by atoms with van der Waals surface area (Å²) in [6, 6.07) is 7.91. The number of nitro groups is 1. The van der Waals surface area contributed by atoms with Gasteiger partial charge in [0.15, 0.2) is 5.76 Å². The number of hydrogen-bond acceptors (Lipinski definition) is 5. The molecule has 0 atom stereocenters. The number of halogens is 2. The molecular formula is C12H9Cl2N3O3. The topological polar surface area (TPSA) is 80.7 Å². The van der Waals surface area contributed by atoms with E-state index in [2.05, 4.69) is 10.5 Å². The Morgan fingerprint density at radius 3 is 2.60 bits per heavy atom. The molecule has 0 radical (unpaired) electrons. The second kappa shape index (κ2) is 6.40. The molecule has 1 N–H and O–H groups in total. The van der Waals surface area contributed by atoms with Gasteiger partial charge in [-0.3, -0.25) is 10.1 Å². The molecule has 8 heteroatoms. The van der Waals surface area contributed by atoms with Crippen molar-refractivity contribution in [1.29, 1.82) is 0 Å². The fraction of sp³-hybridized carbons (Fsp3) is 0.0833. The van der Waals surface area contributed by atoms with Gasteiger partial charge in [-0.1, -0.05) is 29.3 Å². The van der Waals surface area contributed by atoms with Gasteiger partial charge in [-0.25, -0.2) is 0 Å². The van der Waals surface area contributed by atoms with Crippen LogP contribution in [0.25, 0.3) is 0 Å². The minimum absolute atomic E-state index is 0.273. The van der Waals surface area contributed by atoms with Crippen LogP contribution in [0.3, 0.4) is 0 Å². The third-order valence-corrected chi connectivity index (χ3v) is 3.10. The minimum atomic E-state index is -0.617. The zero-order valence-corrected chi connectivity index (χ0v) is 11.6. The zero-order chi connectivity index (χ0) is 14.5. The van der Waals surface area contributed by atoms with E-state index in [9.17, 15) is 10.1 Å². The molecule has 0 aliphatic heterocycles. The SMILES string of the molecule is O=[N+]([O-])c1ccc(/C=N/NCc2c(Cl)cccc2Cl)o1. The van der Waals surface area contributed by atoms with E-state index < -0.39 is 4.92 Å². The first kappa shape index (κ1) is 14.4. The first-order chi connectivity index (χ1) is 9.58. The molecule has 0 amide bonds. The molecule has 2 aromatic rings. The molecule has 1 heterocycles. The summed E-state index contributed by atoms with van der Waals surface area (Å²) in [5.74, 6) is -0.0601. The van der Waals surface area contributed by atoms with E-state index >= 15 is 0 Å². The Morgan fingerprint density at radius 2 is 2.00 bits per heavy atom. The van der Waals surface area contributed by atoms with Gasteiger partial charge in [-0.05, 0) is 18.2 Å². The van der Waals surface area contributed by atoms with Gasteiger partial charge in [0.2, 0.25) is 0 Å². The van der Waals surface area contributed by atoms with Crippen LogP contribution >= 0.6 is 23.2 Å². The highest BCUT2D eigenvalue weighted by Gasteiger charge is 2.10. The number of furan rings is 1. The predicted molar refractivity (Wildman–Crippen MR) is 76.3 cm³/mol. The van der Waals surface area contributed by atoms with Gasteiger partial charge in [-0.15, -0.1) is 0 Å². The van der Waals surface area contributed by atoms with Crippen LogP contribution in [0.5, 0.6) is 0 Å². The van der Waals surface area contributed by atoms with Crippen molar-refractivity contribution < 1.29 is 9.34 Å². The van der Waals surface area contributed by atoms with Crippen LogP contribution in [0.15, 0.2) is 39.9 Å². The van der Waals surface area contributed by atoms with Crippen molar-refractivity contribution in [2.45, 2.75) is 6.54 Å². The first-order valence-corrected chi connectivity index (χ1v) is 6.26.